The van der Waals surface area contributed by atoms with Gasteiger partial charge in [0.2, 0.25) is 5.95 Å². The van der Waals surface area contributed by atoms with E-state index in [9.17, 15) is 0 Å². The molecule has 3 aromatic heterocycles. The van der Waals surface area contributed by atoms with Gasteiger partial charge in [0.1, 0.15) is 11.2 Å². The number of hydrogen-bond acceptors (Lipinski definition) is 4. The van der Waals surface area contributed by atoms with Crippen LogP contribution in [0, 0.1) is 0 Å². The second kappa shape index (κ2) is 11.4. The molecule has 10 rings (SSSR count). The lowest BCUT2D eigenvalue weighted by atomic mass is 10.0. The fraction of sp³-hybridized carbons (Fsp3) is 0. The van der Waals surface area contributed by atoms with Gasteiger partial charge in [-0.25, -0.2) is 4.98 Å². The van der Waals surface area contributed by atoms with Gasteiger partial charge in [0.15, 0.2) is 11.6 Å². The van der Waals surface area contributed by atoms with Gasteiger partial charge in [-0.2, -0.15) is 9.97 Å². The van der Waals surface area contributed by atoms with Crippen molar-refractivity contribution in [1.82, 2.24) is 19.5 Å². The molecular weight excluding hydrogens is 613 g/mol. The van der Waals surface area contributed by atoms with Crippen molar-refractivity contribution in [2.24, 2.45) is 0 Å². The SMILES string of the molecule is c1ccc(-c2ccc(-c3nc(-c4ccccc4)nc(-n4c5cc(-c6ccccc6)cc6oc7ccccc7c7cccc4c7c65)n3)cc2)cc1. The van der Waals surface area contributed by atoms with Crippen molar-refractivity contribution in [3.05, 3.63) is 170 Å². The number of nitrogens with zero attached hydrogens (tertiary/aromatic N) is 4. The van der Waals surface area contributed by atoms with Crippen LogP contribution in [0.3, 0.4) is 0 Å². The van der Waals surface area contributed by atoms with Gasteiger partial charge in [0.25, 0.3) is 0 Å². The number of fused-ring (bicyclic) bond motifs is 2. The Morgan fingerprint density at radius 3 is 1.60 bits per heavy atom. The van der Waals surface area contributed by atoms with E-state index in [0.717, 1.165) is 77.1 Å². The van der Waals surface area contributed by atoms with Gasteiger partial charge < -0.3 is 4.42 Å². The predicted octanol–water partition coefficient (Wildman–Crippen LogP) is 11.5. The molecule has 50 heavy (non-hydrogen) atoms. The minimum Gasteiger partial charge on any atom is -0.456 e. The van der Waals surface area contributed by atoms with Gasteiger partial charge in [-0.15, -0.1) is 0 Å². The zero-order chi connectivity index (χ0) is 33.0. The van der Waals surface area contributed by atoms with Crippen LogP contribution in [0.5, 0.6) is 0 Å². The lowest BCUT2D eigenvalue weighted by molar-refractivity contribution is 0.664. The van der Waals surface area contributed by atoms with Crippen LogP contribution in [0.1, 0.15) is 0 Å². The Labute approximate surface area is 287 Å². The van der Waals surface area contributed by atoms with Crippen molar-refractivity contribution >= 4 is 43.7 Å². The van der Waals surface area contributed by atoms with E-state index in [4.69, 9.17) is 19.4 Å². The molecule has 0 fully saturated rings. The molecule has 0 aliphatic heterocycles. The first kappa shape index (κ1) is 28.2. The predicted molar refractivity (Wildman–Crippen MR) is 203 cm³/mol. The molecule has 0 saturated heterocycles. The highest BCUT2D eigenvalue weighted by Crippen LogP contribution is 2.42. The molecule has 0 aliphatic rings. The average Bonchev–Trinajstić information content (AvgIpc) is 3.46. The summed E-state index contributed by atoms with van der Waals surface area (Å²) in [5, 5.41) is 4.30. The van der Waals surface area contributed by atoms with E-state index in [1.54, 1.807) is 0 Å². The van der Waals surface area contributed by atoms with E-state index in [1.807, 2.05) is 54.6 Å². The summed E-state index contributed by atoms with van der Waals surface area (Å²) in [4.78, 5) is 15.5. The molecule has 10 aromatic rings. The van der Waals surface area contributed by atoms with E-state index in [-0.39, 0.29) is 0 Å². The van der Waals surface area contributed by atoms with Crippen LogP contribution >= 0.6 is 0 Å². The fourth-order valence-corrected chi connectivity index (χ4v) is 7.11. The molecule has 0 N–H and O–H groups in total. The largest absolute Gasteiger partial charge is 0.456 e. The average molecular weight is 641 g/mol. The molecule has 3 heterocycles. The minimum absolute atomic E-state index is 0.545. The third-order valence-corrected chi connectivity index (χ3v) is 9.47. The number of hydrogen-bond donors (Lipinski definition) is 0. The van der Waals surface area contributed by atoms with Crippen molar-refractivity contribution in [3.8, 4) is 51.0 Å². The minimum atomic E-state index is 0.545. The smallest absolute Gasteiger partial charge is 0.238 e. The molecule has 0 amide bonds. The Hall–Kier alpha value is -6.85. The maximum atomic E-state index is 6.80. The van der Waals surface area contributed by atoms with E-state index in [0.29, 0.717) is 17.6 Å². The molecule has 0 unspecified atom stereocenters. The Bertz CT molecular complexity index is 2840. The van der Waals surface area contributed by atoms with Gasteiger partial charge in [-0.05, 0) is 51.9 Å². The van der Waals surface area contributed by atoms with Gasteiger partial charge in [0, 0.05) is 21.9 Å². The highest BCUT2D eigenvalue weighted by molar-refractivity contribution is 6.27. The summed E-state index contributed by atoms with van der Waals surface area (Å²) in [5.41, 5.74) is 9.88. The molecule has 0 bridgehead atoms. The van der Waals surface area contributed by atoms with Crippen LogP contribution in [0.4, 0.5) is 0 Å². The summed E-state index contributed by atoms with van der Waals surface area (Å²) >= 11 is 0. The highest BCUT2D eigenvalue weighted by atomic mass is 16.3. The van der Waals surface area contributed by atoms with Gasteiger partial charge in [-0.3, -0.25) is 4.57 Å². The summed E-state index contributed by atoms with van der Waals surface area (Å²) in [6.45, 7) is 0. The van der Waals surface area contributed by atoms with Gasteiger partial charge in [-0.1, -0.05) is 146 Å². The molecular formula is C45H28N4O. The number of rotatable bonds is 5. The Morgan fingerprint density at radius 1 is 0.360 bits per heavy atom. The second-order valence-corrected chi connectivity index (χ2v) is 12.5. The summed E-state index contributed by atoms with van der Waals surface area (Å²) in [5.74, 6) is 1.76. The van der Waals surface area contributed by atoms with E-state index in [1.165, 1.54) is 0 Å². The summed E-state index contributed by atoms with van der Waals surface area (Å²) in [6.07, 6.45) is 0. The molecule has 0 saturated carbocycles. The molecule has 0 atom stereocenters. The summed E-state index contributed by atoms with van der Waals surface area (Å²) in [6, 6.07) is 58.5. The fourth-order valence-electron chi connectivity index (χ4n) is 7.11. The lowest BCUT2D eigenvalue weighted by Crippen LogP contribution is -2.06. The molecule has 7 aromatic carbocycles. The first-order valence-corrected chi connectivity index (χ1v) is 16.7. The maximum Gasteiger partial charge on any atom is 0.238 e. The summed E-state index contributed by atoms with van der Waals surface area (Å²) in [7, 11) is 0. The lowest BCUT2D eigenvalue weighted by Gasteiger charge is -2.12. The molecule has 5 nitrogen and oxygen atoms in total. The molecule has 0 spiro atoms. The quantitative estimate of drug-likeness (QED) is 0.188. The topological polar surface area (TPSA) is 56.7 Å². The van der Waals surface area contributed by atoms with E-state index >= 15 is 0 Å². The van der Waals surface area contributed by atoms with Gasteiger partial charge in [0.05, 0.1) is 16.4 Å². The zero-order valence-corrected chi connectivity index (χ0v) is 26.9. The van der Waals surface area contributed by atoms with Crippen molar-refractivity contribution in [1.29, 1.82) is 0 Å². The van der Waals surface area contributed by atoms with Gasteiger partial charge >= 0.3 is 0 Å². The number of benzene rings is 7. The number of para-hydroxylation sites is 1. The van der Waals surface area contributed by atoms with E-state index in [2.05, 4.69) is 120 Å². The van der Waals surface area contributed by atoms with Crippen molar-refractivity contribution in [2.75, 3.05) is 0 Å². The van der Waals surface area contributed by atoms with Crippen molar-refractivity contribution in [3.63, 3.8) is 0 Å². The zero-order valence-electron chi connectivity index (χ0n) is 26.9. The van der Waals surface area contributed by atoms with Crippen LogP contribution in [-0.2, 0) is 0 Å². The van der Waals surface area contributed by atoms with Crippen LogP contribution in [0.25, 0.3) is 94.7 Å². The molecule has 5 heteroatoms. The first-order chi connectivity index (χ1) is 24.8. The maximum absolute atomic E-state index is 6.80. The normalized spacial score (nSPS) is 11.6. The van der Waals surface area contributed by atoms with Crippen molar-refractivity contribution in [2.45, 2.75) is 0 Å². The molecule has 234 valence electrons. The molecule has 0 radical (unpaired) electrons. The third-order valence-electron chi connectivity index (χ3n) is 9.47. The van der Waals surface area contributed by atoms with Crippen LogP contribution in [0.15, 0.2) is 174 Å². The Balaban J connectivity index is 1.29. The van der Waals surface area contributed by atoms with Crippen LogP contribution < -0.4 is 0 Å². The standard InChI is InChI=1S/C45H28N4O/c1-4-13-29(14-5-1)31-23-25-33(26-24-31)44-46-43(32-17-8-3-9-18-32)47-45(48-44)49-37-21-12-20-36-35-19-10-11-22-39(35)50-40-28-34(30-15-6-2-7-16-30)27-38(49)42(40)41(36)37/h1-28H. The molecule has 0 aliphatic carbocycles. The van der Waals surface area contributed by atoms with Crippen LogP contribution in [-0.4, -0.2) is 19.5 Å². The highest BCUT2D eigenvalue weighted by Gasteiger charge is 2.23. The van der Waals surface area contributed by atoms with Crippen LogP contribution in [0.2, 0.25) is 0 Å². The second-order valence-electron chi connectivity index (χ2n) is 12.5. The third kappa shape index (κ3) is 4.60. The Kier molecular flexibility index (Phi) is 6.42. The number of aromatic nitrogens is 4. The summed E-state index contributed by atoms with van der Waals surface area (Å²) < 4.78 is 8.98. The van der Waals surface area contributed by atoms with E-state index < -0.39 is 0 Å². The monoisotopic (exact) mass is 640 g/mol. The first-order valence-electron chi connectivity index (χ1n) is 16.7. The Morgan fingerprint density at radius 2 is 0.900 bits per heavy atom. The van der Waals surface area contributed by atoms with Crippen molar-refractivity contribution < 1.29 is 4.42 Å².